The van der Waals surface area contributed by atoms with Crippen molar-refractivity contribution in [2.45, 2.75) is 19.9 Å². The second kappa shape index (κ2) is 9.14. The van der Waals surface area contributed by atoms with Crippen LogP contribution in [0.4, 0.5) is 4.39 Å². The van der Waals surface area contributed by atoms with E-state index in [0.29, 0.717) is 11.4 Å². The predicted molar refractivity (Wildman–Crippen MR) is 108 cm³/mol. The summed E-state index contributed by atoms with van der Waals surface area (Å²) in [6.07, 6.45) is 0. The van der Waals surface area contributed by atoms with Gasteiger partial charge < -0.3 is 10.1 Å². The topological polar surface area (TPSA) is 73.2 Å². The number of carbonyl (C=O) groups excluding carboxylic acids is 1. The van der Waals surface area contributed by atoms with Crippen molar-refractivity contribution in [3.05, 3.63) is 82.4 Å². The molecule has 1 unspecified atom stereocenters. The second-order valence-corrected chi connectivity index (χ2v) is 6.64. The number of amides is 1. The van der Waals surface area contributed by atoms with Gasteiger partial charge in [0.2, 0.25) is 5.91 Å². The van der Waals surface area contributed by atoms with Crippen LogP contribution in [0.25, 0.3) is 11.3 Å². The maximum absolute atomic E-state index is 12.9. The molecular formula is C22H22FN3O3. The van der Waals surface area contributed by atoms with Crippen molar-refractivity contribution in [1.82, 2.24) is 15.1 Å². The Kier molecular flexibility index (Phi) is 6.39. The van der Waals surface area contributed by atoms with Crippen LogP contribution in [0.5, 0.6) is 5.75 Å². The first-order valence-electron chi connectivity index (χ1n) is 9.27. The minimum Gasteiger partial charge on any atom is -0.492 e. The molecule has 1 amide bonds. The molecular weight excluding hydrogens is 373 g/mol. The third-order valence-corrected chi connectivity index (χ3v) is 4.40. The predicted octanol–water partition coefficient (Wildman–Crippen LogP) is 3.11. The summed E-state index contributed by atoms with van der Waals surface area (Å²) >= 11 is 0. The first-order chi connectivity index (χ1) is 13.9. The zero-order valence-electron chi connectivity index (χ0n) is 16.3. The van der Waals surface area contributed by atoms with Gasteiger partial charge in [0.1, 0.15) is 24.2 Å². The van der Waals surface area contributed by atoms with Gasteiger partial charge in [0.15, 0.2) is 0 Å². The number of carbonyl (C=O) groups is 1. The fraction of sp³-hybridized carbons (Fsp3) is 0.227. The standard InChI is InChI=1S/C22H22FN3O3/c1-15-3-5-17(6-4-15)20-11-12-21(27)26(25-20)16(2)22(28)24-13-14-29-19-9-7-18(23)8-10-19/h3-12,16H,13-14H2,1-2H3,(H,24,28). The highest BCUT2D eigenvalue weighted by atomic mass is 19.1. The zero-order valence-corrected chi connectivity index (χ0v) is 16.3. The highest BCUT2D eigenvalue weighted by molar-refractivity contribution is 5.79. The van der Waals surface area contributed by atoms with E-state index < -0.39 is 6.04 Å². The average Bonchev–Trinajstić information content (AvgIpc) is 2.73. The molecule has 29 heavy (non-hydrogen) atoms. The summed E-state index contributed by atoms with van der Waals surface area (Å²) in [5.41, 5.74) is 2.25. The molecule has 0 saturated heterocycles. The minimum absolute atomic E-state index is 0.218. The monoisotopic (exact) mass is 395 g/mol. The molecule has 0 aliphatic heterocycles. The fourth-order valence-electron chi connectivity index (χ4n) is 2.71. The van der Waals surface area contributed by atoms with Crippen LogP contribution in [0.1, 0.15) is 18.5 Å². The Morgan fingerprint density at radius 3 is 2.48 bits per heavy atom. The highest BCUT2D eigenvalue weighted by Gasteiger charge is 2.17. The summed E-state index contributed by atoms with van der Waals surface area (Å²) in [7, 11) is 0. The lowest BCUT2D eigenvalue weighted by Gasteiger charge is -2.15. The van der Waals surface area contributed by atoms with Crippen LogP contribution in [-0.4, -0.2) is 28.8 Å². The number of nitrogens with one attached hydrogen (secondary N) is 1. The zero-order chi connectivity index (χ0) is 20.8. The quantitative estimate of drug-likeness (QED) is 0.624. The molecule has 1 aromatic heterocycles. The van der Waals surface area contributed by atoms with Gasteiger partial charge in [-0.15, -0.1) is 0 Å². The summed E-state index contributed by atoms with van der Waals surface area (Å²) in [6.45, 7) is 4.07. The molecule has 150 valence electrons. The number of aryl methyl sites for hydroxylation is 1. The van der Waals surface area contributed by atoms with Crippen molar-refractivity contribution in [2.24, 2.45) is 0 Å². The molecule has 0 radical (unpaired) electrons. The molecule has 3 rings (SSSR count). The van der Waals surface area contributed by atoms with Crippen LogP contribution >= 0.6 is 0 Å². The Morgan fingerprint density at radius 2 is 1.79 bits per heavy atom. The van der Waals surface area contributed by atoms with Crippen molar-refractivity contribution < 1.29 is 13.9 Å². The normalized spacial score (nSPS) is 11.7. The number of ether oxygens (including phenoxy) is 1. The van der Waals surface area contributed by atoms with E-state index in [-0.39, 0.29) is 30.4 Å². The lowest BCUT2D eigenvalue weighted by molar-refractivity contribution is -0.124. The lowest BCUT2D eigenvalue weighted by Crippen LogP contribution is -2.38. The molecule has 2 aromatic carbocycles. The molecule has 1 heterocycles. The average molecular weight is 395 g/mol. The molecule has 6 nitrogen and oxygen atoms in total. The van der Waals surface area contributed by atoms with Crippen molar-refractivity contribution in [1.29, 1.82) is 0 Å². The molecule has 3 aromatic rings. The Bertz CT molecular complexity index is 1030. The van der Waals surface area contributed by atoms with E-state index in [2.05, 4.69) is 10.4 Å². The van der Waals surface area contributed by atoms with Crippen molar-refractivity contribution >= 4 is 5.91 Å². The number of halogens is 1. The summed E-state index contributed by atoms with van der Waals surface area (Å²) < 4.78 is 19.5. The van der Waals surface area contributed by atoms with Crippen LogP contribution in [0, 0.1) is 12.7 Å². The number of benzene rings is 2. The van der Waals surface area contributed by atoms with E-state index in [1.54, 1.807) is 13.0 Å². The molecule has 1 N–H and O–H groups in total. The number of rotatable bonds is 7. The van der Waals surface area contributed by atoms with Crippen LogP contribution in [0.15, 0.2) is 65.5 Å². The van der Waals surface area contributed by atoms with Gasteiger partial charge >= 0.3 is 0 Å². The molecule has 0 bridgehead atoms. The molecule has 0 saturated carbocycles. The van der Waals surface area contributed by atoms with Crippen LogP contribution in [0.3, 0.4) is 0 Å². The van der Waals surface area contributed by atoms with Crippen LogP contribution in [-0.2, 0) is 4.79 Å². The number of nitrogens with zero attached hydrogens (tertiary/aromatic N) is 2. The van der Waals surface area contributed by atoms with E-state index in [9.17, 15) is 14.0 Å². The lowest BCUT2D eigenvalue weighted by atomic mass is 10.1. The Labute approximate surface area is 168 Å². The number of hydrogen-bond acceptors (Lipinski definition) is 4. The van der Waals surface area contributed by atoms with Crippen LogP contribution < -0.4 is 15.6 Å². The van der Waals surface area contributed by atoms with Crippen LogP contribution in [0.2, 0.25) is 0 Å². The highest BCUT2D eigenvalue weighted by Crippen LogP contribution is 2.16. The molecule has 7 heteroatoms. The van der Waals surface area contributed by atoms with E-state index in [0.717, 1.165) is 11.1 Å². The molecule has 0 aliphatic rings. The molecule has 0 fully saturated rings. The van der Waals surface area contributed by atoms with Crippen molar-refractivity contribution in [3.63, 3.8) is 0 Å². The van der Waals surface area contributed by atoms with Crippen molar-refractivity contribution in [2.75, 3.05) is 13.2 Å². The van der Waals surface area contributed by atoms with E-state index in [4.69, 9.17) is 4.74 Å². The SMILES string of the molecule is Cc1ccc(-c2ccc(=O)n(C(C)C(=O)NCCOc3ccc(F)cc3)n2)cc1. The molecule has 0 spiro atoms. The number of aromatic nitrogens is 2. The first-order valence-corrected chi connectivity index (χ1v) is 9.27. The van der Waals surface area contributed by atoms with E-state index in [1.165, 1.54) is 35.0 Å². The summed E-state index contributed by atoms with van der Waals surface area (Å²) in [6, 6.07) is 15.7. The Hall–Kier alpha value is -3.48. The Morgan fingerprint density at radius 1 is 1.10 bits per heavy atom. The summed E-state index contributed by atoms with van der Waals surface area (Å²) in [5, 5.41) is 7.07. The third kappa shape index (κ3) is 5.28. The van der Waals surface area contributed by atoms with E-state index >= 15 is 0 Å². The second-order valence-electron chi connectivity index (χ2n) is 6.64. The smallest absolute Gasteiger partial charge is 0.267 e. The Balaban J connectivity index is 1.61. The van der Waals surface area contributed by atoms with Gasteiger partial charge in [-0.1, -0.05) is 29.8 Å². The summed E-state index contributed by atoms with van der Waals surface area (Å²) in [4.78, 5) is 24.6. The van der Waals surface area contributed by atoms with E-state index in [1.807, 2.05) is 31.2 Å². The van der Waals surface area contributed by atoms with Gasteiger partial charge in [-0.25, -0.2) is 9.07 Å². The van der Waals surface area contributed by atoms with Gasteiger partial charge in [-0.2, -0.15) is 5.10 Å². The molecule has 1 atom stereocenters. The van der Waals surface area contributed by atoms with Crippen molar-refractivity contribution in [3.8, 4) is 17.0 Å². The maximum atomic E-state index is 12.9. The fourth-order valence-corrected chi connectivity index (χ4v) is 2.71. The van der Waals surface area contributed by atoms with Gasteiger partial charge in [0, 0.05) is 11.6 Å². The maximum Gasteiger partial charge on any atom is 0.267 e. The first kappa shape index (κ1) is 20.3. The number of hydrogen-bond donors (Lipinski definition) is 1. The largest absolute Gasteiger partial charge is 0.492 e. The van der Waals surface area contributed by atoms with Gasteiger partial charge in [0.25, 0.3) is 5.56 Å². The molecule has 0 aliphatic carbocycles. The van der Waals surface area contributed by atoms with Gasteiger partial charge in [0.05, 0.1) is 12.2 Å². The third-order valence-electron chi connectivity index (χ3n) is 4.40. The summed E-state index contributed by atoms with van der Waals surface area (Å²) in [5.74, 6) is -0.175. The van der Waals surface area contributed by atoms with Gasteiger partial charge in [-0.3, -0.25) is 9.59 Å². The minimum atomic E-state index is -0.779. The van der Waals surface area contributed by atoms with Gasteiger partial charge in [-0.05, 0) is 44.2 Å².